The zero-order chi connectivity index (χ0) is 25.6. The molecule has 1 N–H and O–H groups in total. The maximum Gasteiger partial charge on any atom is 0.310 e. The number of hydrogen-bond acceptors (Lipinski definition) is 4. The lowest BCUT2D eigenvalue weighted by Crippen LogP contribution is -2.67. The normalized spacial score (nSPS) is 47.3. The summed E-state index contributed by atoms with van der Waals surface area (Å²) in [5, 5.41) is 9.70. The minimum absolute atomic E-state index is 0.0754. The molecule has 1 saturated heterocycles. The van der Waals surface area contributed by atoms with Gasteiger partial charge in [0.25, 0.3) is 0 Å². The van der Waals surface area contributed by atoms with Crippen LogP contribution in [0.2, 0.25) is 18.1 Å². The minimum Gasteiger partial charge on any atom is -0.481 e. The van der Waals surface area contributed by atoms with Crippen LogP contribution in [-0.4, -0.2) is 37.1 Å². The summed E-state index contributed by atoms with van der Waals surface area (Å²) in [6.45, 7) is 16.6. The Morgan fingerprint density at radius 3 is 2.37 bits per heavy atom. The Kier molecular flexibility index (Phi) is 5.93. The highest BCUT2D eigenvalue weighted by atomic mass is 28.4. The maximum atomic E-state index is 13.2. The van der Waals surface area contributed by atoms with E-state index in [0.29, 0.717) is 23.9 Å². The molecule has 1 unspecified atom stereocenters. The second-order valence-electron chi connectivity index (χ2n) is 14.9. The fourth-order valence-corrected chi connectivity index (χ4v) is 11.0. The molecule has 4 saturated carbocycles. The number of carbonyl (C=O) groups is 2. The van der Waals surface area contributed by atoms with Gasteiger partial charge in [0.2, 0.25) is 0 Å². The molecule has 5 nitrogen and oxygen atoms in total. The number of esters is 1. The van der Waals surface area contributed by atoms with Crippen molar-refractivity contribution in [2.45, 2.75) is 129 Å². The number of rotatable bonds is 4. The molecule has 0 aromatic rings. The Morgan fingerprint density at radius 1 is 1.03 bits per heavy atom. The van der Waals surface area contributed by atoms with Crippen LogP contribution in [0.15, 0.2) is 0 Å². The van der Waals surface area contributed by atoms with Crippen molar-refractivity contribution < 1.29 is 23.9 Å². The molecule has 35 heavy (non-hydrogen) atoms. The number of fused-ring (bicyclic) bond motifs is 3. The number of carboxylic acids is 1. The summed E-state index contributed by atoms with van der Waals surface area (Å²) in [5.74, 6) is 0.259. The van der Waals surface area contributed by atoms with Gasteiger partial charge in [0, 0.05) is 17.4 Å². The number of carboxylic acid groups (broad SMARTS) is 1. The van der Waals surface area contributed by atoms with Gasteiger partial charge in [-0.1, -0.05) is 34.6 Å². The fourth-order valence-electron chi connectivity index (χ4n) is 9.62. The molecule has 0 aromatic heterocycles. The van der Waals surface area contributed by atoms with Crippen molar-refractivity contribution in [1.29, 1.82) is 0 Å². The van der Waals surface area contributed by atoms with Crippen molar-refractivity contribution in [1.82, 2.24) is 0 Å². The molecule has 0 aromatic carbocycles. The summed E-state index contributed by atoms with van der Waals surface area (Å²) in [4.78, 5) is 24.7. The molecule has 2 bridgehead atoms. The summed E-state index contributed by atoms with van der Waals surface area (Å²) < 4.78 is 13.4. The Hall–Kier alpha value is -0.883. The second-order valence-corrected chi connectivity index (χ2v) is 19.6. The van der Waals surface area contributed by atoms with E-state index in [1.807, 2.05) is 0 Å². The van der Waals surface area contributed by atoms with Crippen LogP contribution in [0, 0.1) is 40.4 Å². The van der Waals surface area contributed by atoms with E-state index in [0.717, 1.165) is 32.1 Å². The van der Waals surface area contributed by atoms with Gasteiger partial charge < -0.3 is 14.3 Å². The van der Waals surface area contributed by atoms with E-state index in [4.69, 9.17) is 9.16 Å². The molecule has 5 rings (SSSR count). The van der Waals surface area contributed by atoms with Gasteiger partial charge in [-0.05, 0) is 99.1 Å². The third kappa shape index (κ3) is 3.62. The van der Waals surface area contributed by atoms with Crippen molar-refractivity contribution in [2.75, 3.05) is 0 Å². The lowest BCUT2D eigenvalue weighted by molar-refractivity contribution is -0.253. The van der Waals surface area contributed by atoms with Crippen molar-refractivity contribution in [3.8, 4) is 0 Å². The van der Waals surface area contributed by atoms with Gasteiger partial charge in [0.05, 0.1) is 12.3 Å². The first-order valence-corrected chi connectivity index (χ1v) is 17.2. The van der Waals surface area contributed by atoms with Crippen LogP contribution >= 0.6 is 0 Å². The zero-order valence-corrected chi connectivity index (χ0v) is 24.1. The molecule has 6 heteroatoms. The number of aliphatic carboxylic acids is 1. The van der Waals surface area contributed by atoms with Gasteiger partial charge in [0.1, 0.15) is 5.60 Å². The van der Waals surface area contributed by atoms with Gasteiger partial charge in [-0.2, -0.15) is 0 Å². The van der Waals surface area contributed by atoms with Crippen LogP contribution in [0.3, 0.4) is 0 Å². The van der Waals surface area contributed by atoms with Crippen LogP contribution in [-0.2, 0) is 18.8 Å². The third-order valence-corrected chi connectivity index (χ3v) is 17.1. The summed E-state index contributed by atoms with van der Waals surface area (Å²) in [6, 6.07) is 0. The van der Waals surface area contributed by atoms with E-state index < -0.39 is 20.2 Å². The van der Waals surface area contributed by atoms with E-state index in [-0.39, 0.29) is 39.8 Å². The molecule has 1 heterocycles. The van der Waals surface area contributed by atoms with Crippen LogP contribution < -0.4 is 0 Å². The van der Waals surface area contributed by atoms with Crippen LogP contribution in [0.4, 0.5) is 0 Å². The van der Waals surface area contributed by atoms with Gasteiger partial charge in [-0.3, -0.25) is 9.59 Å². The number of ether oxygens (including phenoxy) is 1. The zero-order valence-electron chi connectivity index (χ0n) is 23.1. The first kappa shape index (κ1) is 25.8. The van der Waals surface area contributed by atoms with Crippen molar-refractivity contribution in [3.05, 3.63) is 0 Å². The Balaban J connectivity index is 1.37. The van der Waals surface area contributed by atoms with Crippen molar-refractivity contribution in [2.24, 2.45) is 40.4 Å². The first-order valence-electron chi connectivity index (χ1n) is 14.3. The van der Waals surface area contributed by atoms with E-state index in [1.54, 1.807) is 0 Å². The molecule has 198 valence electrons. The molecule has 4 aliphatic carbocycles. The van der Waals surface area contributed by atoms with Crippen molar-refractivity contribution in [3.63, 3.8) is 0 Å². The lowest BCUT2D eigenvalue weighted by Gasteiger charge is -2.66. The molecule has 0 radical (unpaired) electrons. The highest BCUT2D eigenvalue weighted by molar-refractivity contribution is 6.74. The van der Waals surface area contributed by atoms with E-state index in [9.17, 15) is 14.7 Å². The molecule has 5 aliphatic rings. The predicted molar refractivity (Wildman–Crippen MR) is 138 cm³/mol. The van der Waals surface area contributed by atoms with Crippen LogP contribution in [0.5, 0.6) is 0 Å². The SMILES string of the molecule is CC(C)(C)[Si](C)(C)O[C@H]1CC[C@@]2(C)[C@H](CC[C@@H]3[C@@H]2CC[C@]2(C)[C@@H]4CC[C@]32OC(=O)C4CC(=O)O)C1. The summed E-state index contributed by atoms with van der Waals surface area (Å²) >= 11 is 0. The third-order valence-electron chi connectivity index (χ3n) is 12.6. The fraction of sp³-hybridized carbons (Fsp3) is 0.931. The molecular formula is C29H48O5Si. The largest absolute Gasteiger partial charge is 0.481 e. The van der Waals surface area contributed by atoms with E-state index in [2.05, 4.69) is 47.7 Å². The monoisotopic (exact) mass is 504 g/mol. The van der Waals surface area contributed by atoms with E-state index in [1.165, 1.54) is 25.7 Å². The second kappa shape index (κ2) is 8.06. The Morgan fingerprint density at radius 2 is 1.71 bits per heavy atom. The van der Waals surface area contributed by atoms with Crippen molar-refractivity contribution >= 4 is 20.3 Å². The topological polar surface area (TPSA) is 72.8 Å². The predicted octanol–water partition coefficient (Wildman–Crippen LogP) is 6.81. The molecule has 1 aliphatic heterocycles. The van der Waals surface area contributed by atoms with Gasteiger partial charge in [-0.25, -0.2) is 0 Å². The lowest BCUT2D eigenvalue weighted by atomic mass is 9.42. The summed E-state index contributed by atoms with van der Waals surface area (Å²) in [6.07, 6.45) is 10.3. The van der Waals surface area contributed by atoms with E-state index >= 15 is 0 Å². The minimum atomic E-state index is -1.78. The molecule has 5 fully saturated rings. The standard InChI is InChI=1S/C29H48O5Si/c1-26(2,3)35(6,7)34-19-10-13-27(4)18(16-19)8-9-23-22(27)11-14-28(5)21-12-15-29(23,28)33-25(32)20(21)17-24(30)31/h18-23H,8-17H2,1-7H3,(H,30,31)/t18-,19+,20?,21-,22+,23-,27+,28-,29+/m1/s1. The summed E-state index contributed by atoms with van der Waals surface area (Å²) in [7, 11) is -1.78. The summed E-state index contributed by atoms with van der Waals surface area (Å²) in [5.41, 5.74) is -0.169. The Bertz CT molecular complexity index is 894. The average molecular weight is 505 g/mol. The number of hydrogen-bond donors (Lipinski definition) is 1. The number of carbonyl (C=O) groups excluding carboxylic acids is 1. The smallest absolute Gasteiger partial charge is 0.310 e. The molecule has 0 amide bonds. The average Bonchev–Trinajstić information content (AvgIpc) is 2.94. The highest BCUT2D eigenvalue weighted by Crippen LogP contribution is 2.73. The van der Waals surface area contributed by atoms with Gasteiger partial charge in [0.15, 0.2) is 8.32 Å². The molecule has 0 spiro atoms. The van der Waals surface area contributed by atoms with Gasteiger partial charge >= 0.3 is 11.9 Å². The van der Waals surface area contributed by atoms with Crippen LogP contribution in [0.1, 0.15) is 98.8 Å². The molecular weight excluding hydrogens is 456 g/mol. The first-order chi connectivity index (χ1) is 16.1. The Labute approximate surface area is 213 Å². The maximum absolute atomic E-state index is 13.2. The van der Waals surface area contributed by atoms with Crippen LogP contribution in [0.25, 0.3) is 0 Å². The molecule has 9 atom stereocenters. The van der Waals surface area contributed by atoms with Gasteiger partial charge in [-0.15, -0.1) is 0 Å². The quantitative estimate of drug-likeness (QED) is 0.336. The highest BCUT2D eigenvalue weighted by Gasteiger charge is 2.73.